The number of nitrogens with zero attached hydrogens (tertiary/aromatic N) is 1. The van der Waals surface area contributed by atoms with Gasteiger partial charge in [0.15, 0.2) is 5.96 Å². The Kier molecular flexibility index (Phi) is 12.0. The van der Waals surface area contributed by atoms with Crippen LogP contribution in [0.5, 0.6) is 11.5 Å². The Bertz CT molecular complexity index is 833. The molecular formula is C22H32IN3O3S. The molecule has 2 aromatic carbocycles. The zero-order valence-corrected chi connectivity index (χ0v) is 21.3. The molecule has 0 aromatic heterocycles. The number of hydrogen-bond donors (Lipinski definition) is 3. The van der Waals surface area contributed by atoms with Gasteiger partial charge in [-0.2, -0.15) is 0 Å². The maximum atomic E-state index is 10.7. The van der Waals surface area contributed by atoms with Crippen molar-refractivity contribution in [2.45, 2.75) is 31.4 Å². The number of halogens is 1. The molecule has 0 radical (unpaired) electrons. The number of hydrogen-bond acceptors (Lipinski definition) is 5. The summed E-state index contributed by atoms with van der Waals surface area (Å²) in [5, 5.41) is 17.1. The molecule has 0 heterocycles. The fourth-order valence-corrected chi connectivity index (χ4v) is 3.59. The lowest BCUT2D eigenvalue weighted by atomic mass is 10.1. The van der Waals surface area contributed by atoms with Crippen molar-refractivity contribution in [3.63, 3.8) is 0 Å². The summed E-state index contributed by atoms with van der Waals surface area (Å²) in [6.07, 6.45) is 1.30. The Morgan fingerprint density at radius 2 is 1.90 bits per heavy atom. The van der Waals surface area contributed by atoms with Gasteiger partial charge < -0.3 is 25.2 Å². The van der Waals surface area contributed by atoms with Gasteiger partial charge in [-0.1, -0.05) is 12.1 Å². The van der Waals surface area contributed by atoms with Crippen LogP contribution in [0.3, 0.4) is 0 Å². The summed E-state index contributed by atoms with van der Waals surface area (Å²) in [6, 6.07) is 11.8. The van der Waals surface area contributed by atoms with Crippen molar-refractivity contribution < 1.29 is 14.6 Å². The van der Waals surface area contributed by atoms with E-state index in [1.54, 1.807) is 44.2 Å². The van der Waals surface area contributed by atoms with Gasteiger partial charge in [0, 0.05) is 23.5 Å². The Labute approximate surface area is 200 Å². The highest BCUT2D eigenvalue weighted by atomic mass is 127. The number of aliphatic hydroxyl groups is 1. The number of aryl methyl sites for hydroxylation is 1. The van der Waals surface area contributed by atoms with Crippen LogP contribution in [0, 0.1) is 6.92 Å². The van der Waals surface area contributed by atoms with Crippen LogP contribution in [0.2, 0.25) is 0 Å². The second-order valence-corrected chi connectivity index (χ2v) is 7.36. The van der Waals surface area contributed by atoms with E-state index in [1.807, 2.05) is 6.92 Å². The molecule has 1 atom stereocenters. The van der Waals surface area contributed by atoms with Crippen LogP contribution in [-0.4, -0.2) is 44.6 Å². The van der Waals surface area contributed by atoms with E-state index >= 15 is 0 Å². The summed E-state index contributed by atoms with van der Waals surface area (Å²) in [6.45, 7) is 5.68. The molecule has 0 fully saturated rings. The van der Waals surface area contributed by atoms with Crippen molar-refractivity contribution in [2.75, 3.05) is 33.6 Å². The molecule has 2 rings (SSSR count). The summed E-state index contributed by atoms with van der Waals surface area (Å²) in [7, 11) is 3.18. The van der Waals surface area contributed by atoms with Gasteiger partial charge in [-0.3, -0.25) is 0 Å². The van der Waals surface area contributed by atoms with Crippen LogP contribution in [0.1, 0.15) is 29.7 Å². The van der Waals surface area contributed by atoms with Crippen LogP contribution in [-0.2, 0) is 6.54 Å². The topological polar surface area (TPSA) is 75.1 Å². The Balaban J connectivity index is 0.00000450. The Morgan fingerprint density at radius 3 is 2.53 bits per heavy atom. The van der Waals surface area contributed by atoms with Gasteiger partial charge in [0.2, 0.25) is 0 Å². The van der Waals surface area contributed by atoms with E-state index in [1.165, 1.54) is 16.0 Å². The molecule has 0 bridgehead atoms. The fraction of sp³-hybridized carbons (Fsp3) is 0.409. The SMILES string of the molecule is CCNC(=NCc1ccc(C)cc1SC)NCC(O)c1cc(OC)ccc1OC.I. The first-order chi connectivity index (χ1) is 14.0. The molecule has 0 saturated heterocycles. The molecule has 30 heavy (non-hydrogen) atoms. The zero-order chi connectivity index (χ0) is 21.2. The van der Waals surface area contributed by atoms with Gasteiger partial charge in [-0.15, -0.1) is 35.7 Å². The minimum absolute atomic E-state index is 0. The highest BCUT2D eigenvalue weighted by Gasteiger charge is 2.15. The molecule has 0 aliphatic carbocycles. The van der Waals surface area contributed by atoms with Crippen molar-refractivity contribution in [3.05, 3.63) is 53.1 Å². The lowest BCUT2D eigenvalue weighted by Crippen LogP contribution is -2.39. The highest BCUT2D eigenvalue weighted by molar-refractivity contribution is 14.0. The van der Waals surface area contributed by atoms with Crippen LogP contribution < -0.4 is 20.1 Å². The van der Waals surface area contributed by atoms with Crippen LogP contribution in [0.25, 0.3) is 0 Å². The normalized spacial score (nSPS) is 12.0. The Morgan fingerprint density at radius 1 is 1.13 bits per heavy atom. The quantitative estimate of drug-likeness (QED) is 0.190. The van der Waals surface area contributed by atoms with Gasteiger partial charge in [-0.25, -0.2) is 4.99 Å². The van der Waals surface area contributed by atoms with Gasteiger partial charge in [0.25, 0.3) is 0 Å². The van der Waals surface area contributed by atoms with Crippen molar-refractivity contribution in [3.8, 4) is 11.5 Å². The summed E-state index contributed by atoms with van der Waals surface area (Å²) in [5.74, 6) is 1.94. The van der Waals surface area contributed by atoms with E-state index in [-0.39, 0.29) is 24.0 Å². The Hall–Kier alpha value is -1.65. The number of ether oxygens (including phenoxy) is 2. The van der Waals surface area contributed by atoms with E-state index in [2.05, 4.69) is 47.0 Å². The minimum atomic E-state index is -0.773. The summed E-state index contributed by atoms with van der Waals surface area (Å²) in [4.78, 5) is 5.91. The number of thioether (sulfide) groups is 1. The van der Waals surface area contributed by atoms with Gasteiger partial charge in [0.1, 0.15) is 11.5 Å². The standard InChI is InChI=1S/C22H31N3O3S.HI/c1-6-23-22(24-13-16-8-7-15(2)11-21(16)29-5)25-14-19(26)18-12-17(27-3)9-10-20(18)28-4;/h7-12,19,26H,6,13-14H2,1-5H3,(H2,23,24,25);1H. The zero-order valence-electron chi connectivity index (χ0n) is 18.2. The van der Waals surface area contributed by atoms with E-state index in [0.717, 1.165) is 6.54 Å². The van der Waals surface area contributed by atoms with Crippen LogP contribution in [0.4, 0.5) is 0 Å². The van der Waals surface area contributed by atoms with Crippen molar-refractivity contribution in [1.82, 2.24) is 10.6 Å². The molecule has 8 heteroatoms. The van der Waals surface area contributed by atoms with E-state index in [9.17, 15) is 5.11 Å². The second-order valence-electron chi connectivity index (χ2n) is 6.52. The number of methoxy groups -OCH3 is 2. The van der Waals surface area contributed by atoms with Crippen LogP contribution >= 0.6 is 35.7 Å². The number of aliphatic hydroxyl groups excluding tert-OH is 1. The predicted octanol–water partition coefficient (Wildman–Crippen LogP) is 4.14. The number of rotatable bonds is 9. The minimum Gasteiger partial charge on any atom is -0.497 e. The third-order valence-electron chi connectivity index (χ3n) is 4.45. The lowest BCUT2D eigenvalue weighted by molar-refractivity contribution is 0.176. The molecule has 1 unspecified atom stereocenters. The molecule has 0 aliphatic heterocycles. The fourth-order valence-electron chi connectivity index (χ4n) is 2.89. The maximum absolute atomic E-state index is 10.7. The molecule has 0 aliphatic rings. The molecule has 166 valence electrons. The van der Waals surface area contributed by atoms with E-state index in [4.69, 9.17) is 9.47 Å². The second kappa shape index (κ2) is 13.6. The number of nitrogens with one attached hydrogen (secondary N) is 2. The van der Waals surface area contributed by atoms with Gasteiger partial charge in [-0.05, 0) is 55.5 Å². The number of aliphatic imine (C=N–C) groups is 1. The largest absolute Gasteiger partial charge is 0.497 e. The first-order valence-electron chi connectivity index (χ1n) is 9.58. The summed E-state index contributed by atoms with van der Waals surface area (Å²) in [5.41, 5.74) is 3.08. The highest BCUT2D eigenvalue weighted by Crippen LogP contribution is 2.29. The van der Waals surface area contributed by atoms with Crippen molar-refractivity contribution >= 4 is 41.7 Å². The average molecular weight is 545 g/mol. The van der Waals surface area contributed by atoms with Crippen LogP contribution in [0.15, 0.2) is 46.3 Å². The lowest BCUT2D eigenvalue weighted by Gasteiger charge is -2.18. The smallest absolute Gasteiger partial charge is 0.191 e. The first-order valence-corrected chi connectivity index (χ1v) is 10.8. The molecule has 0 spiro atoms. The van der Waals surface area contributed by atoms with E-state index < -0.39 is 6.10 Å². The van der Waals surface area contributed by atoms with E-state index in [0.29, 0.717) is 36.1 Å². The average Bonchev–Trinajstić information content (AvgIpc) is 2.75. The maximum Gasteiger partial charge on any atom is 0.191 e. The molecule has 0 saturated carbocycles. The summed E-state index contributed by atoms with van der Waals surface area (Å²) < 4.78 is 10.6. The van der Waals surface area contributed by atoms with Crippen molar-refractivity contribution in [1.29, 1.82) is 0 Å². The molecular weight excluding hydrogens is 513 g/mol. The monoisotopic (exact) mass is 545 g/mol. The third kappa shape index (κ3) is 7.55. The number of guanidine groups is 1. The molecule has 3 N–H and O–H groups in total. The van der Waals surface area contributed by atoms with Gasteiger partial charge >= 0.3 is 0 Å². The third-order valence-corrected chi connectivity index (χ3v) is 5.27. The molecule has 6 nitrogen and oxygen atoms in total. The van der Waals surface area contributed by atoms with Gasteiger partial charge in [0.05, 0.1) is 26.9 Å². The molecule has 2 aromatic rings. The predicted molar refractivity (Wildman–Crippen MR) is 136 cm³/mol. The first kappa shape index (κ1) is 26.4. The number of benzene rings is 2. The molecule has 0 amide bonds. The van der Waals surface area contributed by atoms with Crippen molar-refractivity contribution in [2.24, 2.45) is 4.99 Å². The summed E-state index contributed by atoms with van der Waals surface area (Å²) >= 11 is 1.72.